The summed E-state index contributed by atoms with van der Waals surface area (Å²) >= 11 is 0. The van der Waals surface area contributed by atoms with Crippen molar-refractivity contribution in [2.75, 3.05) is 0 Å². The Bertz CT molecular complexity index is 1300. The lowest BCUT2D eigenvalue weighted by Crippen LogP contribution is -2.38. The minimum Gasteiger partial charge on any atom is -0.282 e. The van der Waals surface area contributed by atoms with E-state index in [4.69, 9.17) is 0 Å². The molecule has 134 valence electrons. The van der Waals surface area contributed by atoms with E-state index in [0.29, 0.717) is 23.5 Å². The van der Waals surface area contributed by atoms with Crippen LogP contribution in [0.2, 0.25) is 0 Å². The average molecular weight is 351 g/mol. The summed E-state index contributed by atoms with van der Waals surface area (Å²) in [4.78, 5) is 30.1. The summed E-state index contributed by atoms with van der Waals surface area (Å²) < 4.78 is 6.61. The van der Waals surface area contributed by atoms with Crippen LogP contribution in [-0.4, -0.2) is 23.1 Å². The van der Waals surface area contributed by atoms with Crippen molar-refractivity contribution in [1.82, 2.24) is 23.1 Å². The van der Waals surface area contributed by atoms with Gasteiger partial charge >= 0.3 is 5.69 Å². The van der Waals surface area contributed by atoms with E-state index in [1.54, 1.807) is 14.0 Å². The van der Waals surface area contributed by atoms with Gasteiger partial charge < -0.3 is 0 Å². The molecule has 0 amide bonds. The lowest BCUT2D eigenvalue weighted by atomic mass is 10.2. The highest BCUT2D eigenvalue weighted by Crippen LogP contribution is 2.25. The molecule has 0 aliphatic carbocycles. The summed E-state index contributed by atoms with van der Waals surface area (Å²) in [5.74, 6) is 0.644. The number of aromatic nitrogens is 5. The molecule has 0 spiro atoms. The molecule has 0 saturated heterocycles. The fraction of sp³-hybridized carbons (Fsp3) is 0.316. The Kier molecular flexibility index (Phi) is 3.44. The summed E-state index contributed by atoms with van der Waals surface area (Å²) in [7, 11) is 1.66. The van der Waals surface area contributed by atoms with Crippen LogP contribution in [0.5, 0.6) is 0 Å². The van der Waals surface area contributed by atoms with E-state index in [-0.39, 0.29) is 11.2 Å². The first-order valence-electron chi connectivity index (χ1n) is 8.64. The van der Waals surface area contributed by atoms with E-state index in [1.165, 1.54) is 9.13 Å². The summed E-state index contributed by atoms with van der Waals surface area (Å²) in [6.07, 6.45) is 0. The molecule has 26 heavy (non-hydrogen) atoms. The first-order chi connectivity index (χ1) is 12.4. The van der Waals surface area contributed by atoms with Gasteiger partial charge in [-0.2, -0.15) is 4.98 Å². The Morgan fingerprint density at radius 3 is 2.38 bits per heavy atom. The fourth-order valence-corrected chi connectivity index (χ4v) is 3.63. The number of aryl methyl sites for hydroxylation is 3. The molecule has 0 aliphatic rings. The molecule has 0 saturated carbocycles. The Labute approximate surface area is 149 Å². The third-order valence-electron chi connectivity index (χ3n) is 5.19. The molecular weight excluding hydrogens is 330 g/mol. The van der Waals surface area contributed by atoms with Crippen LogP contribution in [0, 0.1) is 20.8 Å². The molecule has 4 rings (SSSR count). The largest absolute Gasteiger partial charge is 0.332 e. The highest BCUT2D eigenvalue weighted by atomic mass is 16.2. The highest BCUT2D eigenvalue weighted by Gasteiger charge is 2.23. The smallest absolute Gasteiger partial charge is 0.282 e. The second-order valence-corrected chi connectivity index (χ2v) is 6.60. The third kappa shape index (κ3) is 1.91. The average Bonchev–Trinajstić information content (AvgIpc) is 3.11. The lowest BCUT2D eigenvalue weighted by molar-refractivity contribution is 0.636. The maximum absolute atomic E-state index is 13.0. The number of nitrogens with zero attached hydrogens (tertiary/aromatic N) is 5. The van der Waals surface area contributed by atoms with Crippen LogP contribution in [0.25, 0.3) is 22.6 Å². The maximum atomic E-state index is 13.0. The van der Waals surface area contributed by atoms with Crippen molar-refractivity contribution >= 4 is 16.9 Å². The summed E-state index contributed by atoms with van der Waals surface area (Å²) in [6, 6.07) is 8.05. The summed E-state index contributed by atoms with van der Waals surface area (Å²) in [5.41, 5.74) is 4.27. The van der Waals surface area contributed by atoms with E-state index in [1.807, 2.05) is 54.0 Å². The third-order valence-corrected chi connectivity index (χ3v) is 5.19. The molecule has 0 atom stereocenters. The topological polar surface area (TPSA) is 66.2 Å². The van der Waals surface area contributed by atoms with E-state index >= 15 is 0 Å². The van der Waals surface area contributed by atoms with E-state index in [9.17, 15) is 9.59 Å². The first-order valence-corrected chi connectivity index (χ1v) is 8.64. The standard InChI is InChI=1S/C19H21N5O2/c1-6-22-17(25)15-16(21(5)19(22)26)20-18-23(12(3)13(4)24(15)18)14-10-8-7-9-11(14)2/h7-10H,6H2,1-5H3. The number of hydrogen-bond donors (Lipinski definition) is 0. The van der Waals surface area contributed by atoms with E-state index in [2.05, 4.69) is 4.98 Å². The summed E-state index contributed by atoms with van der Waals surface area (Å²) in [5, 5.41) is 0. The molecule has 0 unspecified atom stereocenters. The van der Waals surface area contributed by atoms with Crippen LogP contribution in [-0.2, 0) is 13.6 Å². The Morgan fingerprint density at radius 2 is 1.73 bits per heavy atom. The second-order valence-electron chi connectivity index (χ2n) is 6.60. The van der Waals surface area contributed by atoms with Crippen LogP contribution in [0.1, 0.15) is 23.9 Å². The van der Waals surface area contributed by atoms with Crippen molar-refractivity contribution < 1.29 is 0 Å². The van der Waals surface area contributed by atoms with Crippen molar-refractivity contribution in [3.05, 3.63) is 62.1 Å². The van der Waals surface area contributed by atoms with Crippen LogP contribution < -0.4 is 11.2 Å². The molecule has 0 aliphatic heterocycles. The van der Waals surface area contributed by atoms with Crippen molar-refractivity contribution in [2.45, 2.75) is 34.2 Å². The number of rotatable bonds is 2. The monoisotopic (exact) mass is 351 g/mol. The fourth-order valence-electron chi connectivity index (χ4n) is 3.63. The van der Waals surface area contributed by atoms with Gasteiger partial charge in [-0.15, -0.1) is 0 Å². The Hall–Kier alpha value is -3.09. The predicted octanol–water partition coefficient (Wildman–Crippen LogP) is 2.08. The molecule has 0 N–H and O–H groups in total. The van der Waals surface area contributed by atoms with Crippen LogP contribution in [0.4, 0.5) is 0 Å². The SMILES string of the molecule is CCn1c(=O)c2c(nc3n(-c4ccccc4C)c(C)c(C)n23)n(C)c1=O. The number of benzene rings is 1. The van der Waals surface area contributed by atoms with Crippen molar-refractivity contribution in [2.24, 2.45) is 7.05 Å². The number of para-hydroxylation sites is 1. The quantitative estimate of drug-likeness (QED) is 0.555. The van der Waals surface area contributed by atoms with Crippen LogP contribution in [0.3, 0.4) is 0 Å². The number of fused-ring (bicyclic) bond motifs is 3. The minimum atomic E-state index is -0.345. The van der Waals surface area contributed by atoms with Crippen molar-refractivity contribution in [1.29, 1.82) is 0 Å². The van der Waals surface area contributed by atoms with Gasteiger partial charge in [-0.3, -0.25) is 22.9 Å². The predicted molar refractivity (Wildman–Crippen MR) is 101 cm³/mol. The van der Waals surface area contributed by atoms with E-state index in [0.717, 1.165) is 22.6 Å². The van der Waals surface area contributed by atoms with Gasteiger partial charge in [-0.1, -0.05) is 18.2 Å². The van der Waals surface area contributed by atoms with Crippen LogP contribution in [0.15, 0.2) is 33.9 Å². The zero-order valence-electron chi connectivity index (χ0n) is 15.6. The normalized spacial score (nSPS) is 11.7. The van der Waals surface area contributed by atoms with Gasteiger partial charge in [0.1, 0.15) is 0 Å². The first kappa shape index (κ1) is 16.4. The lowest BCUT2D eigenvalue weighted by Gasteiger charge is -2.09. The zero-order valence-corrected chi connectivity index (χ0v) is 15.6. The molecule has 3 heterocycles. The molecule has 4 aromatic rings. The molecule has 3 aromatic heterocycles. The van der Waals surface area contributed by atoms with Crippen LogP contribution >= 0.6 is 0 Å². The zero-order chi connectivity index (χ0) is 18.7. The van der Waals surface area contributed by atoms with Gasteiger partial charge in [0.05, 0.1) is 5.69 Å². The molecule has 7 nitrogen and oxygen atoms in total. The van der Waals surface area contributed by atoms with Crippen molar-refractivity contribution in [3.8, 4) is 5.69 Å². The van der Waals surface area contributed by atoms with Gasteiger partial charge in [0.25, 0.3) is 5.56 Å². The van der Waals surface area contributed by atoms with Gasteiger partial charge in [0.15, 0.2) is 11.2 Å². The molecular formula is C19H21N5O2. The summed E-state index contributed by atoms with van der Waals surface area (Å²) in [6.45, 7) is 8.15. The highest BCUT2D eigenvalue weighted by molar-refractivity contribution is 5.77. The van der Waals surface area contributed by atoms with Gasteiger partial charge in [-0.25, -0.2) is 4.79 Å². The second kappa shape index (κ2) is 5.45. The Balaban J connectivity index is 2.28. The molecule has 7 heteroatoms. The Morgan fingerprint density at radius 1 is 1.04 bits per heavy atom. The molecule has 0 fully saturated rings. The van der Waals surface area contributed by atoms with Crippen molar-refractivity contribution in [3.63, 3.8) is 0 Å². The minimum absolute atomic E-state index is 0.303. The molecule has 1 aromatic carbocycles. The van der Waals surface area contributed by atoms with Gasteiger partial charge in [0.2, 0.25) is 5.78 Å². The molecule has 0 bridgehead atoms. The number of imidazole rings is 2. The van der Waals surface area contributed by atoms with Gasteiger partial charge in [0, 0.05) is 25.0 Å². The molecule has 0 radical (unpaired) electrons. The number of hydrogen-bond acceptors (Lipinski definition) is 3. The maximum Gasteiger partial charge on any atom is 0.332 e. The van der Waals surface area contributed by atoms with E-state index < -0.39 is 0 Å². The van der Waals surface area contributed by atoms with Gasteiger partial charge in [-0.05, 0) is 39.3 Å².